The number of hydrazone groups is 1. The molecule has 0 radical (unpaired) electrons. The lowest BCUT2D eigenvalue weighted by Crippen LogP contribution is -2.04. The van der Waals surface area contributed by atoms with Crippen molar-refractivity contribution in [2.75, 3.05) is 26.3 Å². The first-order chi connectivity index (χ1) is 14.1. The fourth-order valence-corrected chi connectivity index (χ4v) is 2.94. The normalized spacial score (nSPS) is 10.6. The van der Waals surface area contributed by atoms with Crippen molar-refractivity contribution >= 4 is 12.0 Å². The monoisotopic (exact) mass is 394 g/mol. The number of hydrogen-bond acceptors (Lipinski definition) is 7. The number of hydrogen-bond donors (Lipinski definition) is 1. The average molecular weight is 394 g/mol. The minimum absolute atomic E-state index is 0.325. The largest absolute Gasteiger partial charge is 0.493 e. The number of ether oxygens (including phenoxy) is 3. The second kappa shape index (κ2) is 10.8. The number of allylic oxidation sites excluding steroid dienone is 1. The molecule has 1 heterocycles. The predicted octanol–water partition coefficient (Wildman–Crippen LogP) is 3.99. The molecule has 0 aliphatic heterocycles. The molecule has 2 aromatic rings. The van der Waals surface area contributed by atoms with Gasteiger partial charge in [0.1, 0.15) is 11.6 Å². The van der Waals surface area contributed by atoms with Crippen molar-refractivity contribution in [3.8, 4) is 17.6 Å². The van der Waals surface area contributed by atoms with Crippen LogP contribution in [0.5, 0.6) is 11.5 Å². The summed E-state index contributed by atoms with van der Waals surface area (Å²) in [6.07, 6.45) is 4.09. The molecule has 0 saturated carbocycles. The number of rotatable bonds is 10. The number of benzene rings is 1. The Morgan fingerprint density at radius 2 is 2.07 bits per heavy atom. The molecular formula is C22H26N4O3. The van der Waals surface area contributed by atoms with Gasteiger partial charge in [-0.15, -0.1) is 6.58 Å². The molecule has 0 aliphatic rings. The molecule has 0 aliphatic carbocycles. The van der Waals surface area contributed by atoms with Gasteiger partial charge in [0.15, 0.2) is 17.3 Å². The number of aromatic nitrogens is 1. The summed E-state index contributed by atoms with van der Waals surface area (Å²) in [5.74, 6) is 1.72. The number of pyridine rings is 1. The van der Waals surface area contributed by atoms with Gasteiger partial charge in [-0.2, -0.15) is 10.4 Å². The zero-order chi connectivity index (χ0) is 21.2. The van der Waals surface area contributed by atoms with E-state index in [9.17, 15) is 5.26 Å². The summed E-state index contributed by atoms with van der Waals surface area (Å²) in [5, 5.41) is 13.8. The molecule has 0 saturated heterocycles. The highest BCUT2D eigenvalue weighted by molar-refractivity contribution is 5.82. The SMILES string of the molecule is C=CCc1cc(/C=N\Nc2nc(C)cc(COC)c2C#N)cc(OCC)c1OC. The number of nitriles is 1. The molecule has 0 unspecified atom stereocenters. The van der Waals surface area contributed by atoms with Crippen molar-refractivity contribution in [1.29, 1.82) is 5.26 Å². The second-order valence-corrected chi connectivity index (χ2v) is 6.20. The molecule has 0 amide bonds. The molecular weight excluding hydrogens is 368 g/mol. The minimum atomic E-state index is 0.325. The van der Waals surface area contributed by atoms with E-state index in [1.165, 1.54) is 0 Å². The zero-order valence-corrected chi connectivity index (χ0v) is 17.3. The Hall–Kier alpha value is -3.37. The van der Waals surface area contributed by atoms with Gasteiger partial charge < -0.3 is 14.2 Å². The maximum absolute atomic E-state index is 9.50. The Morgan fingerprint density at radius 3 is 2.69 bits per heavy atom. The van der Waals surface area contributed by atoms with Crippen LogP contribution < -0.4 is 14.9 Å². The van der Waals surface area contributed by atoms with Crippen molar-refractivity contribution in [2.45, 2.75) is 26.9 Å². The van der Waals surface area contributed by atoms with Gasteiger partial charge in [0.25, 0.3) is 0 Å². The van der Waals surface area contributed by atoms with Crippen LogP contribution in [0.3, 0.4) is 0 Å². The lowest BCUT2D eigenvalue weighted by atomic mass is 10.1. The van der Waals surface area contributed by atoms with E-state index in [-0.39, 0.29) is 0 Å². The Balaban J connectivity index is 2.35. The molecule has 0 bridgehead atoms. The molecule has 0 atom stereocenters. The van der Waals surface area contributed by atoms with Crippen LogP contribution in [0.15, 0.2) is 36.0 Å². The van der Waals surface area contributed by atoms with Crippen LogP contribution in [0.4, 0.5) is 5.82 Å². The van der Waals surface area contributed by atoms with Crippen molar-refractivity contribution < 1.29 is 14.2 Å². The minimum Gasteiger partial charge on any atom is -0.493 e. The van der Waals surface area contributed by atoms with E-state index in [0.29, 0.717) is 42.5 Å². The topological polar surface area (TPSA) is 88.8 Å². The molecule has 0 spiro atoms. The summed E-state index contributed by atoms with van der Waals surface area (Å²) in [4.78, 5) is 4.38. The highest BCUT2D eigenvalue weighted by Crippen LogP contribution is 2.33. The molecule has 1 aromatic heterocycles. The summed E-state index contributed by atoms with van der Waals surface area (Å²) >= 11 is 0. The van der Waals surface area contributed by atoms with Gasteiger partial charge >= 0.3 is 0 Å². The molecule has 1 N–H and O–H groups in total. The van der Waals surface area contributed by atoms with E-state index in [0.717, 1.165) is 22.4 Å². The van der Waals surface area contributed by atoms with Crippen LogP contribution in [0.1, 0.15) is 34.9 Å². The molecule has 7 heteroatoms. The Bertz CT molecular complexity index is 933. The van der Waals surface area contributed by atoms with Crippen LogP contribution in [0.2, 0.25) is 0 Å². The van der Waals surface area contributed by atoms with Gasteiger partial charge in [0.2, 0.25) is 0 Å². The predicted molar refractivity (Wildman–Crippen MR) is 114 cm³/mol. The van der Waals surface area contributed by atoms with E-state index in [2.05, 4.69) is 28.2 Å². The van der Waals surface area contributed by atoms with Crippen LogP contribution in [0, 0.1) is 18.3 Å². The van der Waals surface area contributed by atoms with Crippen LogP contribution in [0.25, 0.3) is 0 Å². The van der Waals surface area contributed by atoms with E-state index in [4.69, 9.17) is 14.2 Å². The zero-order valence-electron chi connectivity index (χ0n) is 17.3. The van der Waals surface area contributed by atoms with Crippen molar-refractivity contribution in [3.63, 3.8) is 0 Å². The van der Waals surface area contributed by atoms with Crippen molar-refractivity contribution in [1.82, 2.24) is 4.98 Å². The highest BCUT2D eigenvalue weighted by Gasteiger charge is 2.13. The van der Waals surface area contributed by atoms with Gasteiger partial charge in [0, 0.05) is 23.9 Å². The summed E-state index contributed by atoms with van der Waals surface area (Å²) in [5.41, 5.74) is 6.58. The van der Waals surface area contributed by atoms with Crippen LogP contribution >= 0.6 is 0 Å². The van der Waals surface area contributed by atoms with Gasteiger partial charge in [-0.05, 0) is 44.0 Å². The Morgan fingerprint density at radius 1 is 1.28 bits per heavy atom. The molecule has 2 rings (SSSR count). The van der Waals surface area contributed by atoms with Gasteiger partial charge in [-0.3, -0.25) is 5.43 Å². The molecule has 1 aromatic carbocycles. The third kappa shape index (κ3) is 5.56. The fourth-order valence-electron chi connectivity index (χ4n) is 2.94. The van der Waals surface area contributed by atoms with E-state index >= 15 is 0 Å². The quantitative estimate of drug-likeness (QED) is 0.372. The van der Waals surface area contributed by atoms with Crippen molar-refractivity contribution in [2.24, 2.45) is 5.10 Å². The lowest BCUT2D eigenvalue weighted by Gasteiger charge is -2.14. The summed E-state index contributed by atoms with van der Waals surface area (Å²) in [6, 6.07) is 7.81. The maximum atomic E-state index is 9.50. The number of aryl methyl sites for hydroxylation is 1. The van der Waals surface area contributed by atoms with Gasteiger partial charge in [-0.25, -0.2) is 4.98 Å². The van der Waals surface area contributed by atoms with Crippen molar-refractivity contribution in [3.05, 3.63) is 58.8 Å². The first-order valence-electron chi connectivity index (χ1n) is 9.21. The number of nitrogens with zero attached hydrogens (tertiary/aromatic N) is 3. The molecule has 7 nitrogen and oxygen atoms in total. The number of nitrogens with one attached hydrogen (secondary N) is 1. The van der Waals surface area contributed by atoms with Gasteiger partial charge in [0.05, 0.1) is 26.5 Å². The first-order valence-corrected chi connectivity index (χ1v) is 9.21. The standard InChI is InChI=1S/C22H26N4O3/c1-6-8-17-10-16(11-20(29-7-2)21(17)28-5)13-24-26-22-19(12-23)18(14-27-4)9-15(3)25-22/h6,9-11,13H,1,7-8,14H2,2-5H3,(H,25,26)/b24-13-. The Kier molecular flexibility index (Phi) is 8.19. The number of anilines is 1. The van der Waals surface area contributed by atoms with Crippen LogP contribution in [-0.2, 0) is 17.8 Å². The molecule has 152 valence electrons. The molecule has 0 fully saturated rings. The van der Waals surface area contributed by atoms with Gasteiger partial charge in [-0.1, -0.05) is 6.08 Å². The third-order valence-corrected chi connectivity index (χ3v) is 4.05. The summed E-state index contributed by atoms with van der Waals surface area (Å²) in [7, 11) is 3.20. The third-order valence-electron chi connectivity index (χ3n) is 4.05. The van der Waals surface area contributed by atoms with Crippen LogP contribution in [-0.4, -0.2) is 32.0 Å². The lowest BCUT2D eigenvalue weighted by molar-refractivity contribution is 0.184. The summed E-state index contributed by atoms with van der Waals surface area (Å²) in [6.45, 7) is 8.41. The Labute approximate surface area is 171 Å². The highest BCUT2D eigenvalue weighted by atomic mass is 16.5. The van der Waals surface area contributed by atoms with E-state index in [1.807, 2.05) is 32.0 Å². The van der Waals surface area contributed by atoms with E-state index < -0.39 is 0 Å². The smallest absolute Gasteiger partial charge is 0.164 e. The first kappa shape index (κ1) is 21.9. The summed E-state index contributed by atoms with van der Waals surface area (Å²) < 4.78 is 16.4. The van der Waals surface area contributed by atoms with E-state index in [1.54, 1.807) is 26.5 Å². The average Bonchev–Trinajstić information content (AvgIpc) is 2.69. The maximum Gasteiger partial charge on any atom is 0.164 e. The molecule has 29 heavy (non-hydrogen) atoms. The number of methoxy groups -OCH3 is 2. The second-order valence-electron chi connectivity index (χ2n) is 6.20. The fraction of sp³-hybridized carbons (Fsp3) is 0.318.